The lowest BCUT2D eigenvalue weighted by atomic mass is 10.0. The van der Waals surface area contributed by atoms with E-state index in [2.05, 4.69) is 5.32 Å². The number of nitrogens with zero attached hydrogens (tertiary/aromatic N) is 1. The van der Waals surface area contributed by atoms with Crippen LogP contribution in [-0.2, 0) is 6.18 Å². The number of rotatable bonds is 1. The number of amides is 1. The summed E-state index contributed by atoms with van der Waals surface area (Å²) in [6, 6.07) is 3.81. The Hall–Kier alpha value is -1.56. The van der Waals surface area contributed by atoms with Crippen molar-refractivity contribution in [3.05, 3.63) is 34.9 Å². The summed E-state index contributed by atoms with van der Waals surface area (Å²) in [6.45, 7) is 4.40. The molecule has 0 bridgehead atoms. The Morgan fingerprint density at radius 2 is 1.86 bits per heavy atom. The van der Waals surface area contributed by atoms with E-state index >= 15 is 0 Å². The fraction of sp³-hybridized carbons (Fsp3) is 0.533. The highest BCUT2D eigenvalue weighted by Crippen LogP contribution is 2.34. The molecule has 0 aliphatic carbocycles. The van der Waals surface area contributed by atoms with Gasteiger partial charge in [-0.1, -0.05) is 6.07 Å². The van der Waals surface area contributed by atoms with E-state index in [-0.39, 0.29) is 17.0 Å². The predicted octanol–water partition coefficient (Wildman–Crippen LogP) is 2.31. The number of fused-ring (bicyclic) bond motifs is 1. The summed E-state index contributed by atoms with van der Waals surface area (Å²) in [6.07, 6.45) is -4.42. The van der Waals surface area contributed by atoms with E-state index in [1.54, 1.807) is 4.90 Å². The Kier molecular flexibility index (Phi) is 3.43. The van der Waals surface area contributed by atoms with Crippen LogP contribution in [0.1, 0.15) is 21.5 Å². The smallest absolute Gasteiger partial charge is 0.338 e. The molecule has 2 aliphatic rings. The zero-order valence-corrected chi connectivity index (χ0v) is 11.7. The van der Waals surface area contributed by atoms with Gasteiger partial charge in [-0.25, -0.2) is 0 Å². The molecule has 2 aliphatic heterocycles. The maximum Gasteiger partial charge on any atom is 0.416 e. The molecule has 2 saturated heterocycles. The van der Waals surface area contributed by atoms with Crippen molar-refractivity contribution >= 4 is 5.91 Å². The number of carbonyl (C=O) groups excluding carboxylic acids is 1. The van der Waals surface area contributed by atoms with Crippen LogP contribution in [0.5, 0.6) is 0 Å². The third-order valence-corrected chi connectivity index (χ3v) is 4.55. The van der Waals surface area contributed by atoms with Gasteiger partial charge in [0.1, 0.15) is 0 Å². The summed E-state index contributed by atoms with van der Waals surface area (Å²) in [7, 11) is 0. The van der Waals surface area contributed by atoms with Crippen molar-refractivity contribution in [2.24, 2.45) is 11.8 Å². The molecule has 0 aromatic heterocycles. The summed E-state index contributed by atoms with van der Waals surface area (Å²) in [5, 5.41) is 3.28. The first kappa shape index (κ1) is 14.4. The van der Waals surface area contributed by atoms with Crippen LogP contribution in [0.3, 0.4) is 0 Å². The van der Waals surface area contributed by atoms with Gasteiger partial charge in [0.25, 0.3) is 5.91 Å². The number of nitrogens with one attached hydrogen (secondary N) is 1. The number of likely N-dealkylation sites (tertiary alicyclic amines) is 1. The topological polar surface area (TPSA) is 32.3 Å². The number of halogens is 3. The first-order chi connectivity index (χ1) is 9.88. The standard InChI is InChI=1S/C15H17F3N2O/c1-9-12(3-2-4-13(9)15(16,17)18)14(21)20-7-10-5-19-6-11(10)8-20/h2-4,10-11,19H,5-8H2,1H3. The largest absolute Gasteiger partial charge is 0.416 e. The molecule has 2 heterocycles. The Bertz CT molecular complexity index is 559. The van der Waals surface area contributed by atoms with Crippen molar-refractivity contribution in [3.63, 3.8) is 0 Å². The van der Waals surface area contributed by atoms with E-state index in [4.69, 9.17) is 0 Å². The minimum absolute atomic E-state index is 0.0187. The fourth-order valence-corrected chi connectivity index (χ4v) is 3.37. The van der Waals surface area contributed by atoms with Gasteiger partial charge in [-0.15, -0.1) is 0 Å². The first-order valence-electron chi connectivity index (χ1n) is 7.04. The quantitative estimate of drug-likeness (QED) is 0.863. The van der Waals surface area contributed by atoms with Crippen LogP contribution >= 0.6 is 0 Å². The van der Waals surface area contributed by atoms with Crippen molar-refractivity contribution in [3.8, 4) is 0 Å². The lowest BCUT2D eigenvalue weighted by Crippen LogP contribution is -2.32. The molecule has 0 saturated carbocycles. The van der Waals surface area contributed by atoms with Gasteiger partial charge in [-0.2, -0.15) is 13.2 Å². The average molecular weight is 298 g/mol. The Morgan fingerprint density at radius 1 is 1.24 bits per heavy atom. The van der Waals surface area contributed by atoms with Gasteiger partial charge < -0.3 is 10.2 Å². The molecular weight excluding hydrogens is 281 g/mol. The summed E-state index contributed by atoms with van der Waals surface area (Å²) in [5.41, 5.74) is -0.544. The number of alkyl halides is 3. The third kappa shape index (κ3) is 2.52. The van der Waals surface area contributed by atoms with Crippen LogP contribution in [-0.4, -0.2) is 37.0 Å². The van der Waals surface area contributed by atoms with Gasteiger partial charge in [-0.3, -0.25) is 4.79 Å². The van der Waals surface area contributed by atoms with E-state index in [1.165, 1.54) is 19.1 Å². The second-order valence-electron chi connectivity index (χ2n) is 5.86. The lowest BCUT2D eigenvalue weighted by molar-refractivity contribution is -0.138. The van der Waals surface area contributed by atoms with Crippen molar-refractivity contribution in [2.45, 2.75) is 13.1 Å². The monoisotopic (exact) mass is 298 g/mol. The number of carbonyl (C=O) groups is 1. The average Bonchev–Trinajstić information content (AvgIpc) is 2.97. The molecule has 2 atom stereocenters. The second kappa shape index (κ2) is 5.02. The molecule has 3 rings (SSSR count). The Morgan fingerprint density at radius 3 is 2.43 bits per heavy atom. The SMILES string of the molecule is Cc1c(C(=O)N2CC3CNCC3C2)cccc1C(F)(F)F. The van der Waals surface area contributed by atoms with Crippen LogP contribution in [0, 0.1) is 18.8 Å². The minimum atomic E-state index is -4.42. The van der Waals surface area contributed by atoms with E-state index in [1.807, 2.05) is 0 Å². The van der Waals surface area contributed by atoms with Crippen molar-refractivity contribution in [1.29, 1.82) is 0 Å². The highest BCUT2D eigenvalue weighted by molar-refractivity contribution is 5.96. The van der Waals surface area contributed by atoms with Crippen molar-refractivity contribution in [2.75, 3.05) is 26.2 Å². The van der Waals surface area contributed by atoms with Crippen LogP contribution < -0.4 is 5.32 Å². The van der Waals surface area contributed by atoms with Gasteiger partial charge in [0.2, 0.25) is 0 Å². The third-order valence-electron chi connectivity index (χ3n) is 4.55. The van der Waals surface area contributed by atoms with E-state index in [0.29, 0.717) is 24.9 Å². The van der Waals surface area contributed by atoms with Gasteiger partial charge in [0.05, 0.1) is 5.56 Å². The van der Waals surface area contributed by atoms with Crippen LogP contribution in [0.4, 0.5) is 13.2 Å². The van der Waals surface area contributed by atoms with Gasteiger partial charge >= 0.3 is 6.18 Å². The molecule has 1 aromatic rings. The van der Waals surface area contributed by atoms with Gasteiger partial charge in [-0.05, 0) is 36.5 Å². The summed E-state index contributed by atoms with van der Waals surface area (Å²) >= 11 is 0. The molecule has 0 spiro atoms. The predicted molar refractivity (Wildman–Crippen MR) is 71.9 cm³/mol. The Balaban J connectivity index is 1.86. The first-order valence-corrected chi connectivity index (χ1v) is 7.04. The molecule has 1 amide bonds. The highest BCUT2D eigenvalue weighted by Gasteiger charge is 2.39. The van der Waals surface area contributed by atoms with Crippen LogP contribution in [0.15, 0.2) is 18.2 Å². The molecule has 6 heteroatoms. The van der Waals surface area contributed by atoms with Gasteiger partial charge in [0, 0.05) is 31.7 Å². The molecule has 2 fully saturated rings. The maximum atomic E-state index is 12.9. The molecule has 1 aromatic carbocycles. The maximum absolute atomic E-state index is 12.9. The lowest BCUT2D eigenvalue weighted by Gasteiger charge is -2.20. The molecule has 2 unspecified atom stereocenters. The van der Waals surface area contributed by atoms with Gasteiger partial charge in [0.15, 0.2) is 0 Å². The molecule has 21 heavy (non-hydrogen) atoms. The number of hydrogen-bond donors (Lipinski definition) is 1. The van der Waals surface area contributed by atoms with Crippen LogP contribution in [0.25, 0.3) is 0 Å². The van der Waals surface area contributed by atoms with Crippen molar-refractivity contribution < 1.29 is 18.0 Å². The number of benzene rings is 1. The Labute approximate surface area is 121 Å². The van der Waals surface area contributed by atoms with E-state index in [0.717, 1.165) is 19.2 Å². The van der Waals surface area contributed by atoms with Crippen LogP contribution in [0.2, 0.25) is 0 Å². The van der Waals surface area contributed by atoms with E-state index in [9.17, 15) is 18.0 Å². The minimum Gasteiger partial charge on any atom is -0.338 e. The normalized spacial score (nSPS) is 25.2. The molecule has 114 valence electrons. The zero-order valence-electron chi connectivity index (χ0n) is 11.7. The fourth-order valence-electron chi connectivity index (χ4n) is 3.37. The summed E-state index contributed by atoms with van der Waals surface area (Å²) < 4.78 is 38.8. The molecule has 3 nitrogen and oxygen atoms in total. The summed E-state index contributed by atoms with van der Waals surface area (Å²) in [5.74, 6) is 0.577. The zero-order chi connectivity index (χ0) is 15.2. The van der Waals surface area contributed by atoms with Crippen molar-refractivity contribution in [1.82, 2.24) is 10.2 Å². The second-order valence-corrected chi connectivity index (χ2v) is 5.86. The van der Waals surface area contributed by atoms with E-state index < -0.39 is 11.7 Å². The summed E-state index contributed by atoms with van der Waals surface area (Å²) in [4.78, 5) is 14.2. The molecular formula is C15H17F3N2O. The number of hydrogen-bond acceptors (Lipinski definition) is 2. The molecule has 0 radical (unpaired) electrons. The molecule has 1 N–H and O–H groups in total. The highest BCUT2D eigenvalue weighted by atomic mass is 19.4.